The second-order valence-corrected chi connectivity index (χ2v) is 5.97. The first-order chi connectivity index (χ1) is 9.97. The highest BCUT2D eigenvalue weighted by Gasteiger charge is 2.19. The maximum Gasteiger partial charge on any atom is 0.239 e. The molecule has 1 aromatic carbocycles. The minimum Gasteiger partial charge on any atom is -0.508 e. The van der Waals surface area contributed by atoms with Crippen molar-refractivity contribution in [2.24, 2.45) is 5.73 Å². The van der Waals surface area contributed by atoms with Gasteiger partial charge in [-0.1, -0.05) is 12.1 Å². The maximum atomic E-state index is 12.3. The molecule has 1 unspecified atom stereocenters. The Morgan fingerprint density at radius 1 is 1.43 bits per heavy atom. The summed E-state index contributed by atoms with van der Waals surface area (Å²) in [5.74, 6) is 0.104. The number of carbonyl (C=O) groups is 1. The number of thiazole rings is 1. The highest BCUT2D eigenvalue weighted by molar-refractivity contribution is 7.09. The second-order valence-electron chi connectivity index (χ2n) is 5.03. The Labute approximate surface area is 128 Å². The number of aromatic nitrogens is 1. The van der Waals surface area contributed by atoms with Gasteiger partial charge in [-0.15, -0.1) is 11.3 Å². The van der Waals surface area contributed by atoms with Crippen molar-refractivity contribution in [3.63, 3.8) is 0 Å². The molecule has 1 aromatic heterocycles. The number of benzene rings is 1. The molecule has 6 heteroatoms. The van der Waals surface area contributed by atoms with E-state index in [1.165, 1.54) is 11.3 Å². The van der Waals surface area contributed by atoms with Crippen molar-refractivity contribution < 1.29 is 9.90 Å². The monoisotopic (exact) mass is 305 g/mol. The smallest absolute Gasteiger partial charge is 0.239 e. The SMILES string of the molecule is Cc1ncsc1CN(C)C(=O)C(N)Cc1ccc(O)cc1. The molecule has 0 radical (unpaired) electrons. The third-order valence-corrected chi connectivity index (χ3v) is 4.23. The molecule has 2 aromatic rings. The minimum absolute atomic E-state index is 0.101. The molecule has 0 spiro atoms. The van der Waals surface area contributed by atoms with Crippen LogP contribution in [0.3, 0.4) is 0 Å². The Kier molecular flexibility index (Phi) is 4.93. The Morgan fingerprint density at radius 3 is 2.67 bits per heavy atom. The summed E-state index contributed by atoms with van der Waals surface area (Å²) in [4.78, 5) is 19.2. The lowest BCUT2D eigenvalue weighted by Gasteiger charge is -2.21. The molecule has 1 heterocycles. The molecule has 0 bridgehead atoms. The molecular formula is C15H19N3O2S. The summed E-state index contributed by atoms with van der Waals surface area (Å²) >= 11 is 1.54. The van der Waals surface area contributed by atoms with E-state index in [-0.39, 0.29) is 11.7 Å². The van der Waals surface area contributed by atoms with Crippen molar-refractivity contribution in [1.82, 2.24) is 9.88 Å². The first kappa shape index (κ1) is 15.5. The van der Waals surface area contributed by atoms with Crippen LogP contribution >= 0.6 is 11.3 Å². The van der Waals surface area contributed by atoms with Gasteiger partial charge in [0.15, 0.2) is 0 Å². The molecule has 21 heavy (non-hydrogen) atoms. The van der Waals surface area contributed by atoms with Crippen molar-refractivity contribution in [1.29, 1.82) is 0 Å². The number of aryl methyl sites for hydroxylation is 1. The average Bonchev–Trinajstić information content (AvgIpc) is 2.86. The molecule has 3 N–H and O–H groups in total. The summed E-state index contributed by atoms with van der Waals surface area (Å²) < 4.78 is 0. The number of rotatable bonds is 5. The molecule has 112 valence electrons. The average molecular weight is 305 g/mol. The van der Waals surface area contributed by atoms with Crippen molar-refractivity contribution in [2.75, 3.05) is 7.05 Å². The van der Waals surface area contributed by atoms with E-state index in [1.54, 1.807) is 41.7 Å². The topological polar surface area (TPSA) is 79.5 Å². The van der Waals surface area contributed by atoms with E-state index in [2.05, 4.69) is 4.98 Å². The van der Waals surface area contributed by atoms with Crippen LogP contribution in [0.4, 0.5) is 0 Å². The maximum absolute atomic E-state index is 12.3. The van der Waals surface area contributed by atoms with Crippen molar-refractivity contribution in [3.8, 4) is 5.75 Å². The summed E-state index contributed by atoms with van der Waals surface area (Å²) in [5.41, 5.74) is 9.64. The van der Waals surface area contributed by atoms with Crippen molar-refractivity contribution >= 4 is 17.2 Å². The minimum atomic E-state index is -0.590. The first-order valence-electron chi connectivity index (χ1n) is 6.65. The number of hydrogen-bond donors (Lipinski definition) is 2. The van der Waals surface area contributed by atoms with Gasteiger partial charge in [-0.05, 0) is 31.0 Å². The molecule has 2 rings (SSSR count). The van der Waals surface area contributed by atoms with E-state index in [4.69, 9.17) is 5.73 Å². The van der Waals surface area contributed by atoms with Crippen LogP contribution in [0.2, 0.25) is 0 Å². The Balaban J connectivity index is 1.95. The highest BCUT2D eigenvalue weighted by atomic mass is 32.1. The van der Waals surface area contributed by atoms with Crippen molar-refractivity contribution in [2.45, 2.75) is 25.9 Å². The third kappa shape index (κ3) is 4.03. The summed E-state index contributed by atoms with van der Waals surface area (Å²) in [6.07, 6.45) is 0.450. The van der Waals surface area contributed by atoms with E-state index >= 15 is 0 Å². The third-order valence-electron chi connectivity index (χ3n) is 3.31. The predicted octanol–water partition coefficient (Wildman–Crippen LogP) is 1.69. The fourth-order valence-electron chi connectivity index (χ4n) is 2.03. The zero-order valence-corrected chi connectivity index (χ0v) is 12.9. The number of aromatic hydroxyl groups is 1. The zero-order valence-electron chi connectivity index (χ0n) is 12.1. The van der Waals surface area contributed by atoms with Gasteiger partial charge in [-0.2, -0.15) is 0 Å². The van der Waals surface area contributed by atoms with Crippen LogP contribution in [0.25, 0.3) is 0 Å². The normalized spacial score (nSPS) is 12.1. The van der Waals surface area contributed by atoms with Crippen LogP contribution < -0.4 is 5.73 Å². The quantitative estimate of drug-likeness (QED) is 0.881. The Bertz CT molecular complexity index is 610. The summed E-state index contributed by atoms with van der Waals surface area (Å²) in [7, 11) is 1.75. The van der Waals surface area contributed by atoms with Gasteiger partial charge in [0.1, 0.15) is 5.75 Å². The fraction of sp³-hybridized carbons (Fsp3) is 0.333. The zero-order chi connectivity index (χ0) is 15.4. The van der Waals surface area contributed by atoms with Crippen LogP contribution in [-0.2, 0) is 17.8 Å². The fourth-order valence-corrected chi connectivity index (χ4v) is 2.86. The van der Waals surface area contributed by atoms with Crippen LogP contribution in [0.15, 0.2) is 29.8 Å². The van der Waals surface area contributed by atoms with Crippen LogP contribution in [0.5, 0.6) is 5.75 Å². The molecule has 1 amide bonds. The van der Waals surface area contributed by atoms with Crippen molar-refractivity contribution in [3.05, 3.63) is 45.9 Å². The van der Waals surface area contributed by atoms with Crippen LogP contribution in [0, 0.1) is 6.92 Å². The van der Waals surface area contributed by atoms with Gasteiger partial charge < -0.3 is 15.7 Å². The van der Waals surface area contributed by atoms with Gasteiger partial charge in [-0.3, -0.25) is 4.79 Å². The van der Waals surface area contributed by atoms with E-state index in [0.29, 0.717) is 13.0 Å². The van der Waals surface area contributed by atoms with E-state index in [9.17, 15) is 9.90 Å². The van der Waals surface area contributed by atoms with E-state index < -0.39 is 6.04 Å². The van der Waals surface area contributed by atoms with Gasteiger partial charge in [0, 0.05) is 11.9 Å². The number of hydrogen-bond acceptors (Lipinski definition) is 5. The number of nitrogens with two attached hydrogens (primary N) is 1. The number of phenols is 1. The Hall–Kier alpha value is -1.92. The molecule has 0 aliphatic heterocycles. The molecule has 0 aliphatic rings. The van der Waals surface area contributed by atoms with Crippen LogP contribution in [-0.4, -0.2) is 34.0 Å². The molecular weight excluding hydrogens is 286 g/mol. The largest absolute Gasteiger partial charge is 0.508 e. The number of nitrogens with zero attached hydrogens (tertiary/aromatic N) is 2. The predicted molar refractivity (Wildman–Crippen MR) is 83.1 cm³/mol. The standard InChI is InChI=1S/C15H19N3O2S/c1-10-14(21-9-17-10)8-18(2)15(20)13(16)7-11-3-5-12(19)6-4-11/h3-6,9,13,19H,7-8,16H2,1-2H3. The van der Waals surface area contributed by atoms with E-state index in [1.807, 2.05) is 6.92 Å². The van der Waals surface area contributed by atoms with Gasteiger partial charge in [0.25, 0.3) is 0 Å². The van der Waals surface area contributed by atoms with Crippen LogP contribution in [0.1, 0.15) is 16.1 Å². The second kappa shape index (κ2) is 6.69. The van der Waals surface area contributed by atoms with Gasteiger partial charge in [0.05, 0.1) is 23.8 Å². The van der Waals surface area contributed by atoms with Gasteiger partial charge in [-0.25, -0.2) is 4.98 Å². The highest BCUT2D eigenvalue weighted by Crippen LogP contribution is 2.15. The molecule has 0 saturated heterocycles. The molecule has 0 aliphatic carbocycles. The lowest BCUT2D eigenvalue weighted by atomic mass is 10.1. The lowest BCUT2D eigenvalue weighted by Crippen LogP contribution is -2.42. The molecule has 1 atom stereocenters. The summed E-state index contributed by atoms with van der Waals surface area (Å²) in [6, 6.07) is 6.15. The van der Waals surface area contributed by atoms with Gasteiger partial charge >= 0.3 is 0 Å². The molecule has 5 nitrogen and oxygen atoms in total. The lowest BCUT2D eigenvalue weighted by molar-refractivity contribution is -0.131. The van der Waals surface area contributed by atoms with Gasteiger partial charge in [0.2, 0.25) is 5.91 Å². The Morgan fingerprint density at radius 2 is 2.10 bits per heavy atom. The summed E-state index contributed by atoms with van der Waals surface area (Å²) in [6.45, 7) is 2.46. The number of amides is 1. The number of carbonyl (C=O) groups excluding carboxylic acids is 1. The molecule has 0 fully saturated rings. The number of likely N-dealkylation sites (N-methyl/N-ethyl adjacent to an activating group) is 1. The summed E-state index contributed by atoms with van der Waals surface area (Å²) in [5, 5.41) is 9.25. The van der Waals surface area contributed by atoms with E-state index in [0.717, 1.165) is 16.1 Å². The first-order valence-corrected chi connectivity index (χ1v) is 7.52. The molecule has 0 saturated carbocycles. The number of phenolic OH excluding ortho intramolecular Hbond substituents is 1.